The van der Waals surface area contributed by atoms with Crippen molar-refractivity contribution in [1.82, 2.24) is 10.6 Å². The Morgan fingerprint density at radius 3 is 2.53 bits per heavy atom. The van der Waals surface area contributed by atoms with E-state index in [9.17, 15) is 9.59 Å². The predicted molar refractivity (Wildman–Crippen MR) is 56.5 cm³/mol. The van der Waals surface area contributed by atoms with Crippen molar-refractivity contribution in [2.24, 2.45) is 5.73 Å². The first-order valence-electron chi connectivity index (χ1n) is 5.07. The van der Waals surface area contributed by atoms with Crippen molar-refractivity contribution in [3.05, 3.63) is 0 Å². The molecular formula is C9H19N3O3. The standard InChI is InChI=1S/C9H19N3O3/c1-2-11-6-4-3-5-7(8(13)14)12-9(10)15/h7,11H,2-6H2,1H3,(H,13,14)(H3,10,12,15)/t7-/m0/s1. The summed E-state index contributed by atoms with van der Waals surface area (Å²) in [5.74, 6) is -1.04. The maximum atomic E-state index is 10.7. The Balaban J connectivity index is 3.67. The van der Waals surface area contributed by atoms with Gasteiger partial charge in [-0.25, -0.2) is 9.59 Å². The second-order valence-electron chi connectivity index (χ2n) is 3.25. The molecule has 88 valence electrons. The van der Waals surface area contributed by atoms with Crippen LogP contribution < -0.4 is 16.4 Å². The normalized spacial score (nSPS) is 12.1. The molecule has 0 aromatic carbocycles. The first-order valence-corrected chi connectivity index (χ1v) is 5.07. The number of primary amides is 1. The summed E-state index contributed by atoms with van der Waals surface area (Å²) < 4.78 is 0. The summed E-state index contributed by atoms with van der Waals surface area (Å²) in [6.45, 7) is 3.77. The molecule has 0 aromatic rings. The molecule has 0 heterocycles. The Morgan fingerprint density at radius 1 is 1.40 bits per heavy atom. The van der Waals surface area contributed by atoms with E-state index in [0.717, 1.165) is 25.9 Å². The number of nitrogens with two attached hydrogens (primary N) is 1. The van der Waals surface area contributed by atoms with Crippen LogP contribution in [0.1, 0.15) is 26.2 Å². The second-order valence-corrected chi connectivity index (χ2v) is 3.25. The Bertz CT molecular complexity index is 209. The zero-order chi connectivity index (χ0) is 11.7. The predicted octanol–water partition coefficient (Wildman–Crippen LogP) is -0.112. The minimum Gasteiger partial charge on any atom is -0.480 e. The molecule has 0 aromatic heterocycles. The van der Waals surface area contributed by atoms with E-state index in [1.165, 1.54) is 0 Å². The van der Waals surface area contributed by atoms with E-state index in [0.29, 0.717) is 6.42 Å². The van der Waals surface area contributed by atoms with Crippen molar-refractivity contribution < 1.29 is 14.7 Å². The van der Waals surface area contributed by atoms with Crippen LogP contribution >= 0.6 is 0 Å². The van der Waals surface area contributed by atoms with Gasteiger partial charge in [-0.3, -0.25) is 0 Å². The summed E-state index contributed by atoms with van der Waals surface area (Å²) in [6, 6.07) is -1.67. The quantitative estimate of drug-likeness (QED) is 0.426. The summed E-state index contributed by atoms with van der Waals surface area (Å²) in [5.41, 5.74) is 4.86. The first-order chi connectivity index (χ1) is 7.07. The number of carboxylic acids is 1. The van der Waals surface area contributed by atoms with Gasteiger partial charge in [0, 0.05) is 0 Å². The zero-order valence-corrected chi connectivity index (χ0v) is 8.95. The second kappa shape index (κ2) is 8.05. The third-order valence-corrected chi connectivity index (χ3v) is 1.96. The largest absolute Gasteiger partial charge is 0.480 e. The highest BCUT2D eigenvalue weighted by Gasteiger charge is 2.17. The van der Waals surface area contributed by atoms with Crippen molar-refractivity contribution in [1.29, 1.82) is 0 Å². The highest BCUT2D eigenvalue weighted by atomic mass is 16.4. The van der Waals surface area contributed by atoms with Crippen molar-refractivity contribution in [2.45, 2.75) is 32.2 Å². The topological polar surface area (TPSA) is 104 Å². The van der Waals surface area contributed by atoms with Crippen molar-refractivity contribution >= 4 is 12.0 Å². The fourth-order valence-corrected chi connectivity index (χ4v) is 1.20. The summed E-state index contributed by atoms with van der Waals surface area (Å²) in [7, 11) is 0. The average Bonchev–Trinajstić information content (AvgIpc) is 2.15. The SMILES string of the molecule is CCNCCCC[C@H](NC(N)=O)C(=O)O. The van der Waals surface area contributed by atoms with Crippen LogP contribution in [0.2, 0.25) is 0 Å². The van der Waals surface area contributed by atoms with Crippen LogP contribution in [0.15, 0.2) is 0 Å². The van der Waals surface area contributed by atoms with Gasteiger partial charge >= 0.3 is 12.0 Å². The smallest absolute Gasteiger partial charge is 0.326 e. The van der Waals surface area contributed by atoms with Gasteiger partial charge in [-0.1, -0.05) is 6.92 Å². The van der Waals surface area contributed by atoms with Crippen LogP contribution in [0.3, 0.4) is 0 Å². The Morgan fingerprint density at radius 2 is 2.07 bits per heavy atom. The Kier molecular flexibility index (Phi) is 7.35. The number of carbonyl (C=O) groups is 2. The molecule has 0 radical (unpaired) electrons. The maximum absolute atomic E-state index is 10.7. The molecule has 2 amide bonds. The van der Waals surface area contributed by atoms with Crippen molar-refractivity contribution in [2.75, 3.05) is 13.1 Å². The molecule has 0 aliphatic carbocycles. The Labute approximate surface area is 89.2 Å². The van der Waals surface area contributed by atoms with Crippen molar-refractivity contribution in [3.8, 4) is 0 Å². The number of hydrogen-bond acceptors (Lipinski definition) is 3. The van der Waals surface area contributed by atoms with Gasteiger partial charge in [-0.05, 0) is 32.4 Å². The van der Waals surface area contributed by atoms with E-state index in [1.54, 1.807) is 0 Å². The van der Waals surface area contributed by atoms with E-state index >= 15 is 0 Å². The summed E-state index contributed by atoms with van der Waals surface area (Å²) in [5, 5.41) is 14.1. The number of rotatable bonds is 8. The minimum absolute atomic E-state index is 0.406. The summed E-state index contributed by atoms with van der Waals surface area (Å²) in [4.78, 5) is 21.2. The lowest BCUT2D eigenvalue weighted by Crippen LogP contribution is -2.43. The molecule has 0 aliphatic rings. The zero-order valence-electron chi connectivity index (χ0n) is 8.95. The van der Waals surface area contributed by atoms with Gasteiger partial charge in [0.15, 0.2) is 0 Å². The number of urea groups is 1. The lowest BCUT2D eigenvalue weighted by atomic mass is 10.1. The molecule has 0 bridgehead atoms. The van der Waals surface area contributed by atoms with Gasteiger partial charge in [0.1, 0.15) is 6.04 Å². The molecule has 6 heteroatoms. The van der Waals surface area contributed by atoms with Crippen LogP contribution in [-0.4, -0.2) is 36.2 Å². The summed E-state index contributed by atoms with van der Waals surface area (Å²) >= 11 is 0. The monoisotopic (exact) mass is 217 g/mol. The molecule has 5 N–H and O–H groups in total. The van der Waals surface area contributed by atoms with Gasteiger partial charge in [0.2, 0.25) is 0 Å². The van der Waals surface area contributed by atoms with Gasteiger partial charge in [-0.2, -0.15) is 0 Å². The third kappa shape index (κ3) is 7.75. The number of hydrogen-bond donors (Lipinski definition) is 4. The molecule has 0 spiro atoms. The maximum Gasteiger partial charge on any atom is 0.326 e. The number of nitrogens with one attached hydrogen (secondary N) is 2. The highest BCUT2D eigenvalue weighted by Crippen LogP contribution is 2.00. The van der Waals surface area contributed by atoms with Gasteiger partial charge in [-0.15, -0.1) is 0 Å². The molecule has 0 fully saturated rings. The number of amides is 2. The average molecular weight is 217 g/mol. The number of aliphatic carboxylic acids is 1. The molecule has 1 atom stereocenters. The Hall–Kier alpha value is -1.30. The fraction of sp³-hybridized carbons (Fsp3) is 0.778. The molecule has 6 nitrogen and oxygen atoms in total. The third-order valence-electron chi connectivity index (χ3n) is 1.96. The number of carbonyl (C=O) groups excluding carboxylic acids is 1. The number of carboxylic acid groups (broad SMARTS) is 1. The van der Waals surface area contributed by atoms with Crippen LogP contribution in [0, 0.1) is 0 Å². The fourth-order valence-electron chi connectivity index (χ4n) is 1.20. The van der Waals surface area contributed by atoms with Gasteiger partial charge in [0.25, 0.3) is 0 Å². The molecule has 0 rings (SSSR count). The molecule has 0 saturated carbocycles. The molecule has 0 unspecified atom stereocenters. The molecular weight excluding hydrogens is 198 g/mol. The van der Waals surface area contributed by atoms with Crippen LogP contribution in [0.4, 0.5) is 4.79 Å². The van der Waals surface area contributed by atoms with Gasteiger partial charge in [0.05, 0.1) is 0 Å². The van der Waals surface area contributed by atoms with Crippen LogP contribution in [0.5, 0.6) is 0 Å². The van der Waals surface area contributed by atoms with Gasteiger partial charge < -0.3 is 21.5 Å². The molecule has 0 aliphatic heterocycles. The van der Waals surface area contributed by atoms with E-state index in [1.807, 2.05) is 6.92 Å². The summed E-state index contributed by atoms with van der Waals surface area (Å²) in [6.07, 6.45) is 2.03. The molecule has 0 saturated heterocycles. The minimum atomic E-state index is -1.04. The number of unbranched alkanes of at least 4 members (excludes halogenated alkanes) is 1. The molecule has 15 heavy (non-hydrogen) atoms. The highest BCUT2D eigenvalue weighted by molar-refractivity contribution is 5.81. The lowest BCUT2D eigenvalue weighted by Gasteiger charge is -2.12. The first kappa shape index (κ1) is 13.7. The van der Waals surface area contributed by atoms with E-state index in [4.69, 9.17) is 10.8 Å². The van der Waals surface area contributed by atoms with E-state index in [-0.39, 0.29) is 0 Å². The van der Waals surface area contributed by atoms with E-state index < -0.39 is 18.0 Å². The van der Waals surface area contributed by atoms with Crippen LogP contribution in [0.25, 0.3) is 0 Å². The lowest BCUT2D eigenvalue weighted by molar-refractivity contribution is -0.139. The van der Waals surface area contributed by atoms with Crippen molar-refractivity contribution in [3.63, 3.8) is 0 Å². The van der Waals surface area contributed by atoms with E-state index in [2.05, 4.69) is 10.6 Å². The van der Waals surface area contributed by atoms with Crippen LogP contribution in [-0.2, 0) is 4.79 Å².